The number of carbonyl (C=O) groups excluding carboxylic acids is 3. The fourth-order valence-corrected chi connectivity index (χ4v) is 5.22. The molecule has 2 aromatic rings. The number of nitrogens with one attached hydrogen (secondary N) is 3. The van der Waals surface area contributed by atoms with E-state index in [2.05, 4.69) is 16.0 Å². The Hall–Kier alpha value is -2.48. The predicted octanol–water partition coefficient (Wildman–Crippen LogP) is -1.01. The molecule has 1 fully saturated rings. The maximum Gasteiger partial charge on any atom is 1.00 e. The third-order valence-corrected chi connectivity index (χ3v) is 7.59. The van der Waals surface area contributed by atoms with Gasteiger partial charge in [-0.05, 0) is 36.3 Å². The van der Waals surface area contributed by atoms with Gasteiger partial charge >= 0.3 is 35.7 Å². The van der Waals surface area contributed by atoms with E-state index in [0.717, 1.165) is 11.1 Å². The van der Waals surface area contributed by atoms with Gasteiger partial charge in [0.2, 0.25) is 11.8 Å². The van der Waals surface area contributed by atoms with Gasteiger partial charge in [-0.2, -0.15) is 0 Å². The monoisotopic (exact) mass is 597 g/mol. The topological polar surface area (TPSA) is 174 Å². The summed E-state index contributed by atoms with van der Waals surface area (Å²) in [5.74, 6) is -1.93. The molecule has 13 heteroatoms. The van der Waals surface area contributed by atoms with Crippen LogP contribution in [0.3, 0.4) is 0 Å². The molecule has 41 heavy (non-hydrogen) atoms. The number of amides is 3. The fraction of sp³-hybridized carbons (Fsp3) is 0.464. The van der Waals surface area contributed by atoms with Gasteiger partial charge in [-0.15, -0.1) is 0 Å². The third-order valence-electron chi connectivity index (χ3n) is 6.67. The molecule has 1 aliphatic heterocycles. The first-order chi connectivity index (χ1) is 18.9. The molecule has 1 heterocycles. The second-order valence-corrected chi connectivity index (χ2v) is 11.8. The van der Waals surface area contributed by atoms with Crippen LogP contribution in [0.4, 0.5) is 4.79 Å². The Kier molecular flexibility index (Phi) is 13.7. The average Bonchev–Trinajstić information content (AvgIpc) is 3.31. The molecule has 1 saturated heterocycles. The van der Waals surface area contributed by atoms with Crippen molar-refractivity contribution in [1.82, 2.24) is 16.0 Å². The number of hydrogen-bond donors (Lipinski definition) is 4. The van der Waals surface area contributed by atoms with Crippen LogP contribution in [0.5, 0.6) is 0 Å². The van der Waals surface area contributed by atoms with Gasteiger partial charge in [-0.3, -0.25) is 9.59 Å². The van der Waals surface area contributed by atoms with Crippen molar-refractivity contribution in [2.75, 3.05) is 6.54 Å². The standard InChI is InChI=1S/C28H37N3O8S.Na/c1-18(2)15-22(26(33)30-23(27(34)40(36,37)38)17-21-13-14-29-25(21)32)31-28(35)39-24(20-11-7-4-8-12-20)16-19-9-5-3-6-10-19;/h3-12,18,21-24,27,34H,13-17H2,1-2H3,(H,29,32)(H,30,33)(H,31,35)(H,36,37,38);/q;+1/p-1/t21-,22-,23-,24?,27?;/m0./s1. The number of rotatable bonds is 13. The summed E-state index contributed by atoms with van der Waals surface area (Å²) in [6.07, 6.45) is -0.877. The molecule has 1 aliphatic rings. The van der Waals surface area contributed by atoms with Crippen molar-refractivity contribution in [3.63, 3.8) is 0 Å². The molecule has 2 aromatic carbocycles. The van der Waals surface area contributed by atoms with Gasteiger partial charge in [0.15, 0.2) is 5.44 Å². The minimum absolute atomic E-state index is 0. The number of aliphatic hydroxyl groups excluding tert-OH is 1. The van der Waals surface area contributed by atoms with Gasteiger partial charge in [-0.25, -0.2) is 13.2 Å². The molecule has 0 spiro atoms. The van der Waals surface area contributed by atoms with Crippen LogP contribution in [0.2, 0.25) is 0 Å². The molecule has 4 N–H and O–H groups in total. The zero-order chi connectivity index (χ0) is 29.3. The molecule has 0 radical (unpaired) electrons. The van der Waals surface area contributed by atoms with E-state index < -0.39 is 51.7 Å². The number of hydrogen-bond acceptors (Lipinski definition) is 8. The number of alkyl carbamates (subject to hydrolysis) is 1. The maximum absolute atomic E-state index is 13.3. The van der Waals surface area contributed by atoms with Gasteiger partial charge in [0.05, 0.1) is 6.04 Å². The quantitative estimate of drug-likeness (QED) is 0.168. The Bertz CT molecular complexity index is 1250. The number of benzene rings is 2. The normalized spacial score (nSPS) is 17.9. The zero-order valence-electron chi connectivity index (χ0n) is 23.5. The molecule has 2 unspecified atom stereocenters. The second kappa shape index (κ2) is 16.2. The van der Waals surface area contributed by atoms with Gasteiger partial charge < -0.3 is 30.3 Å². The van der Waals surface area contributed by atoms with Gasteiger partial charge in [0.25, 0.3) is 0 Å². The van der Waals surface area contributed by atoms with Crippen molar-refractivity contribution in [2.24, 2.45) is 11.8 Å². The predicted molar refractivity (Wildman–Crippen MR) is 146 cm³/mol. The zero-order valence-corrected chi connectivity index (χ0v) is 26.3. The Morgan fingerprint density at radius 2 is 1.68 bits per heavy atom. The molecule has 0 bridgehead atoms. The van der Waals surface area contributed by atoms with E-state index in [9.17, 15) is 32.5 Å². The van der Waals surface area contributed by atoms with Crippen LogP contribution in [0.1, 0.15) is 50.3 Å². The van der Waals surface area contributed by atoms with E-state index >= 15 is 0 Å². The van der Waals surface area contributed by atoms with E-state index in [1.165, 1.54) is 0 Å². The molecule has 3 rings (SSSR count). The largest absolute Gasteiger partial charge is 1.00 e. The van der Waals surface area contributed by atoms with Crippen LogP contribution in [0, 0.1) is 11.8 Å². The van der Waals surface area contributed by atoms with Gasteiger partial charge in [0.1, 0.15) is 22.3 Å². The fourth-order valence-electron chi connectivity index (χ4n) is 4.64. The summed E-state index contributed by atoms with van der Waals surface area (Å²) >= 11 is 0. The SMILES string of the molecule is CC(C)C[C@H](NC(=O)OC(Cc1ccccc1)c1ccccc1)C(=O)N[C@@H](C[C@@H]1CCNC1=O)C(O)S(=O)(=O)[O-].[Na+]. The molecule has 0 saturated carbocycles. The van der Waals surface area contributed by atoms with Crippen LogP contribution >= 0.6 is 0 Å². The van der Waals surface area contributed by atoms with E-state index in [-0.39, 0.29) is 54.2 Å². The summed E-state index contributed by atoms with van der Waals surface area (Å²) in [6, 6.07) is 15.9. The van der Waals surface area contributed by atoms with Crippen molar-refractivity contribution >= 4 is 28.0 Å². The van der Waals surface area contributed by atoms with E-state index in [4.69, 9.17) is 4.74 Å². The average molecular weight is 598 g/mol. The Labute approximate surface area is 262 Å². The summed E-state index contributed by atoms with van der Waals surface area (Å²) in [7, 11) is -5.21. The van der Waals surface area contributed by atoms with Crippen LogP contribution in [-0.4, -0.2) is 60.0 Å². The molecule has 0 aliphatic carbocycles. The van der Waals surface area contributed by atoms with Crippen LogP contribution in [0.25, 0.3) is 0 Å². The van der Waals surface area contributed by atoms with Crippen molar-refractivity contribution in [2.45, 2.75) is 63.2 Å². The van der Waals surface area contributed by atoms with E-state index in [1.54, 1.807) is 0 Å². The third kappa shape index (κ3) is 11.0. The van der Waals surface area contributed by atoms with Crippen molar-refractivity contribution in [3.8, 4) is 0 Å². The van der Waals surface area contributed by atoms with Crippen LogP contribution in [0.15, 0.2) is 60.7 Å². The van der Waals surface area contributed by atoms with Crippen molar-refractivity contribution < 1.29 is 66.8 Å². The molecule has 0 aromatic heterocycles. The first-order valence-corrected chi connectivity index (χ1v) is 14.7. The summed E-state index contributed by atoms with van der Waals surface area (Å²) < 4.78 is 40.5. The van der Waals surface area contributed by atoms with Gasteiger partial charge in [0, 0.05) is 18.9 Å². The van der Waals surface area contributed by atoms with E-state index in [0.29, 0.717) is 19.4 Å². The second-order valence-electron chi connectivity index (χ2n) is 10.3. The Morgan fingerprint density at radius 1 is 1.07 bits per heavy atom. The summed E-state index contributed by atoms with van der Waals surface area (Å²) in [4.78, 5) is 38.4. The van der Waals surface area contributed by atoms with E-state index in [1.807, 2.05) is 74.5 Å². The Morgan fingerprint density at radius 3 is 2.22 bits per heavy atom. The molecule has 218 valence electrons. The van der Waals surface area contributed by atoms with Crippen LogP contribution < -0.4 is 45.5 Å². The molecular formula is C28H36N3NaO8S. The minimum Gasteiger partial charge on any atom is -0.746 e. The van der Waals surface area contributed by atoms with Crippen LogP contribution in [-0.2, 0) is 30.9 Å². The smallest absolute Gasteiger partial charge is 0.746 e. The number of aliphatic hydroxyl groups is 1. The summed E-state index contributed by atoms with van der Waals surface area (Å²) in [5, 5.41) is 17.8. The van der Waals surface area contributed by atoms with Crippen molar-refractivity contribution in [1.29, 1.82) is 0 Å². The molecule has 3 amide bonds. The first kappa shape index (κ1) is 34.7. The molecular weight excluding hydrogens is 561 g/mol. The number of carbonyl (C=O) groups is 3. The Balaban J connectivity index is 0.00000588. The van der Waals surface area contributed by atoms with Crippen molar-refractivity contribution in [3.05, 3.63) is 71.8 Å². The minimum atomic E-state index is -5.21. The first-order valence-electron chi connectivity index (χ1n) is 13.2. The summed E-state index contributed by atoms with van der Waals surface area (Å²) in [6.45, 7) is 4.01. The molecule has 11 nitrogen and oxygen atoms in total. The maximum atomic E-state index is 13.3. The number of ether oxygens (including phenoxy) is 1. The molecule has 5 atom stereocenters. The van der Waals surface area contributed by atoms with Gasteiger partial charge in [-0.1, -0.05) is 74.5 Å². The summed E-state index contributed by atoms with van der Waals surface area (Å²) in [5.41, 5.74) is -0.776.